The number of methoxy groups -OCH3 is 1. The zero-order chi connectivity index (χ0) is 19.4. The highest BCUT2D eigenvalue weighted by Gasteiger charge is 2.31. The van der Waals surface area contributed by atoms with E-state index in [0.29, 0.717) is 61.9 Å². The molecule has 7 nitrogen and oxygen atoms in total. The van der Waals surface area contributed by atoms with E-state index in [1.165, 1.54) is 0 Å². The molecule has 7 heteroatoms. The van der Waals surface area contributed by atoms with Gasteiger partial charge >= 0.3 is 0 Å². The molecule has 1 aromatic rings. The summed E-state index contributed by atoms with van der Waals surface area (Å²) in [6, 6.07) is 7.96. The molecule has 2 unspecified atom stereocenters. The Morgan fingerprint density at radius 3 is 2.33 bits per heavy atom. The average molecular weight is 374 g/mol. The predicted molar refractivity (Wildman–Crippen MR) is 103 cm³/mol. The number of piperazine rings is 1. The molecule has 2 heterocycles. The summed E-state index contributed by atoms with van der Waals surface area (Å²) >= 11 is 0. The van der Waals surface area contributed by atoms with Crippen LogP contribution in [0.2, 0.25) is 0 Å². The van der Waals surface area contributed by atoms with Gasteiger partial charge in [-0.25, -0.2) is 0 Å². The molecule has 2 aliphatic heterocycles. The molecule has 2 amide bonds. The first kappa shape index (κ1) is 19.6. The Hall–Kier alpha value is -2.12. The summed E-state index contributed by atoms with van der Waals surface area (Å²) < 4.78 is 5.19. The smallest absolute Gasteiger partial charge is 0.254 e. The van der Waals surface area contributed by atoms with Gasteiger partial charge in [-0.3, -0.25) is 20.4 Å². The molecule has 0 spiro atoms. The molecule has 0 bridgehead atoms. The van der Waals surface area contributed by atoms with Crippen LogP contribution in [0, 0.1) is 5.92 Å². The number of rotatable bonds is 5. The highest BCUT2D eigenvalue weighted by Crippen LogP contribution is 2.21. The SMILES string of the molecule is COc1cccc(C(=O)N2CCN(C(=O)CCC3C(C)NNC3C)CC2)c1. The van der Waals surface area contributed by atoms with Crippen LogP contribution in [0.25, 0.3) is 0 Å². The number of carbonyl (C=O) groups is 2. The Kier molecular flexibility index (Phi) is 6.34. The number of nitrogens with one attached hydrogen (secondary N) is 2. The predicted octanol–water partition coefficient (Wildman–Crippen LogP) is 1.26. The minimum atomic E-state index is -0.00764. The van der Waals surface area contributed by atoms with Gasteiger partial charge in [0, 0.05) is 50.2 Å². The van der Waals surface area contributed by atoms with E-state index in [-0.39, 0.29) is 11.8 Å². The number of amides is 2. The largest absolute Gasteiger partial charge is 0.497 e. The fourth-order valence-electron chi connectivity index (χ4n) is 3.96. The lowest BCUT2D eigenvalue weighted by molar-refractivity contribution is -0.133. The van der Waals surface area contributed by atoms with Crippen molar-refractivity contribution >= 4 is 11.8 Å². The summed E-state index contributed by atoms with van der Waals surface area (Å²) in [5, 5.41) is 0. The number of hydrogen-bond donors (Lipinski definition) is 2. The molecular formula is C20H30N4O3. The molecule has 2 aliphatic rings. The Morgan fingerprint density at radius 2 is 1.70 bits per heavy atom. The quantitative estimate of drug-likeness (QED) is 0.812. The standard InChI is InChI=1S/C20H30N4O3/c1-14-18(15(2)22-21-14)7-8-19(25)23-9-11-24(12-10-23)20(26)16-5-4-6-17(13-16)27-3/h4-6,13-15,18,21-22H,7-12H2,1-3H3. The van der Waals surface area contributed by atoms with E-state index >= 15 is 0 Å². The topological polar surface area (TPSA) is 73.9 Å². The number of hydrazine groups is 1. The molecule has 0 saturated carbocycles. The van der Waals surface area contributed by atoms with Crippen molar-refractivity contribution in [3.05, 3.63) is 29.8 Å². The average Bonchev–Trinajstić information content (AvgIpc) is 3.03. The van der Waals surface area contributed by atoms with Crippen LogP contribution in [0.3, 0.4) is 0 Å². The lowest BCUT2D eigenvalue weighted by Crippen LogP contribution is -2.50. The molecular weight excluding hydrogens is 344 g/mol. The molecule has 2 fully saturated rings. The van der Waals surface area contributed by atoms with Crippen LogP contribution in [-0.4, -0.2) is 67.0 Å². The maximum Gasteiger partial charge on any atom is 0.254 e. The second kappa shape index (κ2) is 8.71. The molecule has 27 heavy (non-hydrogen) atoms. The molecule has 2 N–H and O–H groups in total. The van der Waals surface area contributed by atoms with Gasteiger partial charge in [0.05, 0.1) is 7.11 Å². The Morgan fingerprint density at radius 1 is 1.07 bits per heavy atom. The number of carbonyl (C=O) groups excluding carboxylic acids is 2. The molecule has 0 aliphatic carbocycles. The Labute approximate surface area is 161 Å². The second-order valence-corrected chi connectivity index (χ2v) is 7.47. The second-order valence-electron chi connectivity index (χ2n) is 7.47. The highest BCUT2D eigenvalue weighted by atomic mass is 16.5. The summed E-state index contributed by atoms with van der Waals surface area (Å²) in [5.41, 5.74) is 7.10. The van der Waals surface area contributed by atoms with Crippen LogP contribution in [0.4, 0.5) is 0 Å². The number of benzene rings is 1. The first-order valence-corrected chi connectivity index (χ1v) is 9.71. The molecule has 2 atom stereocenters. The number of hydrogen-bond acceptors (Lipinski definition) is 5. The summed E-state index contributed by atoms with van der Waals surface area (Å²) in [7, 11) is 1.59. The zero-order valence-electron chi connectivity index (χ0n) is 16.4. The lowest BCUT2D eigenvalue weighted by atomic mass is 9.91. The van der Waals surface area contributed by atoms with E-state index in [1.54, 1.807) is 19.2 Å². The third-order valence-electron chi connectivity index (χ3n) is 5.75. The van der Waals surface area contributed by atoms with Gasteiger partial charge in [0.15, 0.2) is 0 Å². The minimum Gasteiger partial charge on any atom is -0.497 e. The number of ether oxygens (including phenoxy) is 1. The van der Waals surface area contributed by atoms with Gasteiger partial charge in [-0.05, 0) is 44.4 Å². The monoisotopic (exact) mass is 374 g/mol. The molecule has 0 radical (unpaired) electrons. The maximum absolute atomic E-state index is 12.7. The molecule has 2 saturated heterocycles. The van der Waals surface area contributed by atoms with Crippen molar-refractivity contribution in [2.45, 2.75) is 38.8 Å². The van der Waals surface area contributed by atoms with Gasteiger partial charge < -0.3 is 14.5 Å². The van der Waals surface area contributed by atoms with Gasteiger partial charge in [-0.15, -0.1) is 0 Å². The summed E-state index contributed by atoms with van der Waals surface area (Å²) in [4.78, 5) is 28.9. The van der Waals surface area contributed by atoms with E-state index in [0.717, 1.165) is 6.42 Å². The van der Waals surface area contributed by atoms with Crippen molar-refractivity contribution in [2.75, 3.05) is 33.3 Å². The van der Waals surface area contributed by atoms with Gasteiger partial charge in [-0.2, -0.15) is 0 Å². The van der Waals surface area contributed by atoms with Crippen molar-refractivity contribution in [3.63, 3.8) is 0 Å². The van der Waals surface area contributed by atoms with Crippen LogP contribution in [-0.2, 0) is 4.79 Å². The van der Waals surface area contributed by atoms with Crippen molar-refractivity contribution in [1.82, 2.24) is 20.7 Å². The van der Waals surface area contributed by atoms with E-state index in [9.17, 15) is 9.59 Å². The first-order valence-electron chi connectivity index (χ1n) is 9.71. The van der Waals surface area contributed by atoms with Crippen LogP contribution < -0.4 is 15.6 Å². The Balaban J connectivity index is 1.48. The highest BCUT2D eigenvalue weighted by molar-refractivity contribution is 5.94. The van der Waals surface area contributed by atoms with Crippen LogP contribution in [0.1, 0.15) is 37.0 Å². The van der Waals surface area contributed by atoms with Gasteiger partial charge in [0.1, 0.15) is 5.75 Å². The van der Waals surface area contributed by atoms with Crippen molar-refractivity contribution in [2.24, 2.45) is 5.92 Å². The van der Waals surface area contributed by atoms with E-state index in [2.05, 4.69) is 24.7 Å². The maximum atomic E-state index is 12.7. The summed E-state index contributed by atoms with van der Waals surface area (Å²) in [6.45, 7) is 6.63. The summed E-state index contributed by atoms with van der Waals surface area (Å²) in [6.07, 6.45) is 1.44. The minimum absolute atomic E-state index is 0.00764. The zero-order valence-corrected chi connectivity index (χ0v) is 16.4. The van der Waals surface area contributed by atoms with Crippen molar-refractivity contribution in [3.8, 4) is 5.75 Å². The normalized spacial score (nSPS) is 25.5. The van der Waals surface area contributed by atoms with Crippen LogP contribution in [0.5, 0.6) is 5.75 Å². The lowest BCUT2D eigenvalue weighted by Gasteiger charge is -2.35. The first-order chi connectivity index (χ1) is 13.0. The van der Waals surface area contributed by atoms with E-state index < -0.39 is 0 Å². The van der Waals surface area contributed by atoms with Gasteiger partial charge in [0.2, 0.25) is 5.91 Å². The summed E-state index contributed by atoms with van der Waals surface area (Å²) in [5.74, 6) is 1.32. The van der Waals surface area contributed by atoms with E-state index in [1.807, 2.05) is 21.9 Å². The third kappa shape index (κ3) is 4.59. The molecule has 0 aromatic heterocycles. The third-order valence-corrected chi connectivity index (χ3v) is 5.75. The fourth-order valence-corrected chi connectivity index (χ4v) is 3.96. The molecule has 148 valence electrons. The van der Waals surface area contributed by atoms with Gasteiger partial charge in [-0.1, -0.05) is 6.07 Å². The Bertz CT molecular complexity index is 663. The fraction of sp³-hybridized carbons (Fsp3) is 0.600. The van der Waals surface area contributed by atoms with Gasteiger partial charge in [0.25, 0.3) is 5.91 Å². The molecule has 3 rings (SSSR count). The van der Waals surface area contributed by atoms with Crippen LogP contribution in [0.15, 0.2) is 24.3 Å². The molecule has 1 aromatic carbocycles. The van der Waals surface area contributed by atoms with Crippen molar-refractivity contribution < 1.29 is 14.3 Å². The van der Waals surface area contributed by atoms with Crippen molar-refractivity contribution in [1.29, 1.82) is 0 Å². The number of nitrogens with zero attached hydrogens (tertiary/aromatic N) is 2. The van der Waals surface area contributed by atoms with E-state index in [4.69, 9.17) is 4.74 Å². The van der Waals surface area contributed by atoms with Crippen LogP contribution >= 0.6 is 0 Å².